The van der Waals surface area contributed by atoms with Crippen molar-refractivity contribution in [2.24, 2.45) is 17.8 Å². The van der Waals surface area contributed by atoms with Crippen molar-refractivity contribution in [2.45, 2.75) is 25.7 Å². The number of piperidine rings is 1. The van der Waals surface area contributed by atoms with Gasteiger partial charge in [-0.3, -0.25) is 4.79 Å². The van der Waals surface area contributed by atoms with E-state index in [1.807, 2.05) is 6.07 Å². The van der Waals surface area contributed by atoms with Gasteiger partial charge in [-0.15, -0.1) is 24.5 Å². The van der Waals surface area contributed by atoms with Gasteiger partial charge in [0.15, 0.2) is 0 Å². The fourth-order valence-corrected chi connectivity index (χ4v) is 5.88. The smallest absolute Gasteiger partial charge is 0.406 e. The van der Waals surface area contributed by atoms with E-state index in [2.05, 4.69) is 38.9 Å². The maximum Gasteiger partial charge on any atom is 0.573 e. The SMILES string of the molecule is O=C(c1cscn1)N(Cc1cccc(OC(F)(F)F)c1)CC1C2CN(CCCc3ccccc3)CC21. The summed E-state index contributed by atoms with van der Waals surface area (Å²) in [6.45, 7) is 3.94. The number of carbonyl (C=O) groups is 1. The number of benzene rings is 2. The van der Waals surface area contributed by atoms with Crippen LogP contribution in [-0.2, 0) is 13.0 Å². The first-order chi connectivity index (χ1) is 17.4. The average Bonchev–Trinajstić information content (AvgIpc) is 3.23. The van der Waals surface area contributed by atoms with Gasteiger partial charge in [0.25, 0.3) is 5.91 Å². The van der Waals surface area contributed by atoms with Crippen molar-refractivity contribution in [2.75, 3.05) is 26.2 Å². The van der Waals surface area contributed by atoms with Crippen LogP contribution >= 0.6 is 11.3 Å². The molecule has 0 N–H and O–H groups in total. The maximum atomic E-state index is 13.2. The highest BCUT2D eigenvalue weighted by atomic mass is 32.1. The Morgan fingerprint density at radius 1 is 1.08 bits per heavy atom. The molecule has 1 aliphatic carbocycles. The lowest BCUT2D eigenvalue weighted by Gasteiger charge is -2.25. The normalized spacial score (nSPS) is 21.2. The minimum atomic E-state index is -4.76. The van der Waals surface area contributed by atoms with Crippen molar-refractivity contribution < 1.29 is 22.7 Å². The van der Waals surface area contributed by atoms with Gasteiger partial charge in [0.2, 0.25) is 0 Å². The van der Waals surface area contributed by atoms with Gasteiger partial charge in [-0.1, -0.05) is 42.5 Å². The maximum absolute atomic E-state index is 13.2. The molecule has 5 rings (SSSR count). The number of carbonyl (C=O) groups excluding carboxylic acids is 1. The van der Waals surface area contributed by atoms with Gasteiger partial charge in [0.1, 0.15) is 11.4 Å². The van der Waals surface area contributed by atoms with Crippen molar-refractivity contribution in [3.8, 4) is 5.75 Å². The summed E-state index contributed by atoms with van der Waals surface area (Å²) in [6, 6.07) is 16.3. The van der Waals surface area contributed by atoms with E-state index in [-0.39, 0.29) is 18.2 Å². The number of thiazole rings is 1. The molecule has 2 fully saturated rings. The molecule has 0 bridgehead atoms. The Morgan fingerprint density at radius 3 is 2.53 bits per heavy atom. The molecule has 2 heterocycles. The van der Waals surface area contributed by atoms with E-state index in [1.54, 1.807) is 21.9 Å². The number of likely N-dealkylation sites (tertiary alicyclic amines) is 1. The molecule has 0 radical (unpaired) electrons. The van der Waals surface area contributed by atoms with Gasteiger partial charge in [-0.05, 0) is 60.4 Å². The van der Waals surface area contributed by atoms with Gasteiger partial charge >= 0.3 is 6.36 Å². The second kappa shape index (κ2) is 10.6. The molecule has 3 aromatic rings. The van der Waals surface area contributed by atoms with Crippen LogP contribution in [0.1, 0.15) is 28.0 Å². The first kappa shape index (κ1) is 24.8. The molecule has 2 aromatic carbocycles. The predicted molar refractivity (Wildman–Crippen MR) is 132 cm³/mol. The Hall–Kier alpha value is -2.91. The third-order valence-corrected chi connectivity index (χ3v) is 7.69. The summed E-state index contributed by atoms with van der Waals surface area (Å²) in [5, 5.41) is 1.71. The molecule has 2 aliphatic rings. The zero-order chi connectivity index (χ0) is 25.1. The molecule has 1 saturated carbocycles. The zero-order valence-corrected chi connectivity index (χ0v) is 20.5. The van der Waals surface area contributed by atoms with Crippen LogP contribution < -0.4 is 4.74 Å². The van der Waals surface area contributed by atoms with Crippen molar-refractivity contribution in [3.05, 3.63) is 82.3 Å². The summed E-state index contributed by atoms with van der Waals surface area (Å²) in [4.78, 5) is 21.6. The van der Waals surface area contributed by atoms with Crippen molar-refractivity contribution >= 4 is 17.2 Å². The van der Waals surface area contributed by atoms with E-state index < -0.39 is 6.36 Å². The van der Waals surface area contributed by atoms with Gasteiger partial charge < -0.3 is 14.5 Å². The Bertz CT molecular complexity index is 1140. The number of ether oxygens (including phenoxy) is 1. The Balaban J connectivity index is 1.18. The monoisotopic (exact) mass is 515 g/mol. The van der Waals surface area contributed by atoms with Crippen LogP contribution in [0.5, 0.6) is 5.75 Å². The highest BCUT2D eigenvalue weighted by Crippen LogP contribution is 2.52. The zero-order valence-electron chi connectivity index (χ0n) is 19.7. The van der Waals surface area contributed by atoms with Gasteiger partial charge in [-0.25, -0.2) is 4.98 Å². The second-order valence-corrected chi connectivity index (χ2v) is 10.3. The minimum absolute atomic E-state index is 0.192. The third-order valence-electron chi connectivity index (χ3n) is 7.10. The Labute approximate surface area is 212 Å². The van der Waals surface area contributed by atoms with Crippen LogP contribution in [0.3, 0.4) is 0 Å². The molecule has 5 nitrogen and oxygen atoms in total. The fourth-order valence-electron chi connectivity index (χ4n) is 5.36. The van der Waals surface area contributed by atoms with E-state index in [0.29, 0.717) is 35.6 Å². The van der Waals surface area contributed by atoms with E-state index in [0.717, 1.165) is 32.5 Å². The molecule has 36 heavy (non-hydrogen) atoms. The number of aromatic nitrogens is 1. The van der Waals surface area contributed by atoms with Crippen LogP contribution in [-0.4, -0.2) is 53.2 Å². The lowest BCUT2D eigenvalue weighted by Crippen LogP contribution is -2.35. The Kier molecular flexibility index (Phi) is 7.29. The molecular formula is C27H28F3N3O2S. The molecule has 1 aromatic heterocycles. The fraction of sp³-hybridized carbons (Fsp3) is 0.407. The van der Waals surface area contributed by atoms with Crippen LogP contribution in [0, 0.1) is 17.8 Å². The number of nitrogens with zero attached hydrogens (tertiary/aromatic N) is 3. The van der Waals surface area contributed by atoms with E-state index in [4.69, 9.17) is 0 Å². The number of hydrogen-bond donors (Lipinski definition) is 0. The van der Waals surface area contributed by atoms with Crippen molar-refractivity contribution in [1.29, 1.82) is 0 Å². The van der Waals surface area contributed by atoms with Crippen LogP contribution in [0.4, 0.5) is 13.2 Å². The topological polar surface area (TPSA) is 45.7 Å². The molecule has 2 atom stereocenters. The number of fused-ring (bicyclic) bond motifs is 1. The number of rotatable bonds is 10. The summed E-state index contributed by atoms with van der Waals surface area (Å²) in [6.07, 6.45) is -2.56. The van der Waals surface area contributed by atoms with Gasteiger partial charge in [-0.2, -0.15) is 0 Å². The standard InChI is InChI=1S/C27H28F3N3O2S/c28-27(29,30)35-21-10-4-8-20(12-21)13-33(26(34)25-17-36-18-31-25)16-24-22-14-32(15-23(22)24)11-5-9-19-6-2-1-3-7-19/h1-4,6-8,10,12,17-18,22-24H,5,9,11,13-16H2. The molecule has 1 amide bonds. The van der Waals surface area contributed by atoms with Crippen LogP contribution in [0.2, 0.25) is 0 Å². The number of halogens is 3. The van der Waals surface area contributed by atoms with Crippen LogP contribution in [0.15, 0.2) is 65.5 Å². The highest BCUT2D eigenvalue weighted by Gasteiger charge is 2.55. The molecule has 9 heteroatoms. The van der Waals surface area contributed by atoms with E-state index in [1.165, 1.54) is 35.1 Å². The number of hydrogen-bond acceptors (Lipinski definition) is 5. The number of aryl methyl sites for hydroxylation is 1. The molecule has 1 aliphatic heterocycles. The molecule has 190 valence electrons. The largest absolute Gasteiger partial charge is 0.573 e. The summed E-state index contributed by atoms with van der Waals surface area (Å²) < 4.78 is 42.0. The van der Waals surface area contributed by atoms with Gasteiger partial charge in [0, 0.05) is 31.6 Å². The molecule has 2 unspecified atom stereocenters. The van der Waals surface area contributed by atoms with Crippen LogP contribution in [0.25, 0.3) is 0 Å². The van der Waals surface area contributed by atoms with E-state index in [9.17, 15) is 18.0 Å². The van der Waals surface area contributed by atoms with E-state index >= 15 is 0 Å². The second-order valence-electron chi connectivity index (χ2n) is 9.59. The van der Waals surface area contributed by atoms with Crippen molar-refractivity contribution in [1.82, 2.24) is 14.8 Å². The average molecular weight is 516 g/mol. The predicted octanol–water partition coefficient (Wildman–Crippen LogP) is 5.49. The summed E-state index contributed by atoms with van der Waals surface area (Å²) in [5.74, 6) is 1.06. The number of alkyl halides is 3. The first-order valence-electron chi connectivity index (χ1n) is 12.1. The minimum Gasteiger partial charge on any atom is -0.406 e. The summed E-state index contributed by atoms with van der Waals surface area (Å²) >= 11 is 1.35. The lowest BCUT2D eigenvalue weighted by molar-refractivity contribution is -0.274. The lowest BCUT2D eigenvalue weighted by atomic mass is 10.1. The quantitative estimate of drug-likeness (QED) is 0.358. The molecular weight excluding hydrogens is 487 g/mol. The summed E-state index contributed by atoms with van der Waals surface area (Å²) in [7, 11) is 0. The summed E-state index contributed by atoms with van der Waals surface area (Å²) in [5.41, 5.74) is 3.94. The van der Waals surface area contributed by atoms with Crippen molar-refractivity contribution in [3.63, 3.8) is 0 Å². The number of amides is 1. The molecule has 0 spiro atoms. The Morgan fingerprint density at radius 2 is 1.83 bits per heavy atom. The first-order valence-corrected chi connectivity index (χ1v) is 13.1. The third kappa shape index (κ3) is 6.25. The molecule has 1 saturated heterocycles. The highest BCUT2D eigenvalue weighted by molar-refractivity contribution is 7.07. The van der Waals surface area contributed by atoms with Gasteiger partial charge in [0.05, 0.1) is 5.51 Å².